The third-order valence-electron chi connectivity index (χ3n) is 5.02. The van der Waals surface area contributed by atoms with Crippen LogP contribution in [0.15, 0.2) is 59.6 Å². The molecule has 0 fully saturated rings. The van der Waals surface area contributed by atoms with Gasteiger partial charge in [0.1, 0.15) is 0 Å². The number of hydrogen-bond donors (Lipinski definition) is 1. The van der Waals surface area contributed by atoms with Crippen LogP contribution in [0.25, 0.3) is 5.70 Å². The van der Waals surface area contributed by atoms with E-state index in [1.165, 1.54) is 40.8 Å². The average Bonchev–Trinajstić information content (AvgIpc) is 2.73. The van der Waals surface area contributed by atoms with Crippen LogP contribution in [0.1, 0.15) is 68.7 Å². The van der Waals surface area contributed by atoms with Gasteiger partial charge in [0.05, 0.1) is 5.70 Å². The summed E-state index contributed by atoms with van der Waals surface area (Å²) in [7, 11) is 0. The molecule has 0 saturated carbocycles. The van der Waals surface area contributed by atoms with E-state index in [-0.39, 0.29) is 0 Å². The van der Waals surface area contributed by atoms with Crippen molar-refractivity contribution in [3.63, 3.8) is 0 Å². The molecular weight excluding hydrogens is 340 g/mol. The summed E-state index contributed by atoms with van der Waals surface area (Å²) in [4.78, 5) is 5.04. The van der Waals surface area contributed by atoms with Gasteiger partial charge in [-0.05, 0) is 55.4 Å². The fraction of sp³-hybridized carbons (Fsp3) is 0.423. The lowest BCUT2D eigenvalue weighted by Crippen LogP contribution is -2.13. The number of nitrogens with one attached hydrogen (secondary N) is 1. The molecule has 0 unspecified atom stereocenters. The van der Waals surface area contributed by atoms with Crippen LogP contribution in [0.2, 0.25) is 0 Å². The lowest BCUT2D eigenvalue weighted by atomic mass is 10.1. The summed E-state index contributed by atoms with van der Waals surface area (Å²) in [6.07, 6.45) is 7.84. The van der Waals surface area contributed by atoms with Crippen molar-refractivity contribution in [3.05, 3.63) is 76.9 Å². The minimum absolute atomic E-state index is 0.813. The maximum atomic E-state index is 5.04. The van der Waals surface area contributed by atoms with Crippen LogP contribution in [0.4, 0.5) is 0 Å². The molecule has 2 aromatic rings. The topological polar surface area (TPSA) is 24.4 Å². The summed E-state index contributed by atoms with van der Waals surface area (Å²) < 4.78 is 0. The zero-order valence-corrected chi connectivity index (χ0v) is 18.1. The Morgan fingerprint density at radius 3 is 2.43 bits per heavy atom. The molecule has 0 aliphatic rings. The van der Waals surface area contributed by atoms with Crippen molar-refractivity contribution in [2.24, 2.45) is 4.99 Å². The largest absolute Gasteiger partial charge is 0.309 e. The summed E-state index contributed by atoms with van der Waals surface area (Å²) in [5.74, 6) is 0. The van der Waals surface area contributed by atoms with Crippen molar-refractivity contribution in [1.29, 1.82) is 0 Å². The van der Waals surface area contributed by atoms with Crippen LogP contribution in [-0.2, 0) is 13.0 Å². The molecule has 150 valence electrons. The van der Waals surface area contributed by atoms with Gasteiger partial charge in [-0.3, -0.25) is 4.99 Å². The standard InChI is InChI=1S/C26H36N2/c1-5-8-12-25(7-3)28-26(24-15-13-21(4)14-16-24)17-18-27-20-23-11-9-10-22(6-2)19-23/h9-11,13-17,19,27H,5-8,12,18,20H2,1-4H3/b26-17-,28-25?. The molecule has 2 nitrogen and oxygen atoms in total. The average molecular weight is 377 g/mol. The Balaban J connectivity index is 2.10. The van der Waals surface area contributed by atoms with Gasteiger partial charge in [-0.2, -0.15) is 0 Å². The SMILES string of the molecule is CCCCC(CC)=N/C(=C\CNCc1cccc(CC)c1)c1ccc(C)cc1. The minimum Gasteiger partial charge on any atom is -0.309 e. The first kappa shape index (κ1) is 22.1. The molecule has 0 spiro atoms. The molecular formula is C26H36N2. The Kier molecular flexibility index (Phi) is 9.71. The lowest BCUT2D eigenvalue weighted by Gasteiger charge is -2.09. The van der Waals surface area contributed by atoms with Gasteiger partial charge in [-0.25, -0.2) is 0 Å². The fourth-order valence-electron chi connectivity index (χ4n) is 3.16. The van der Waals surface area contributed by atoms with Crippen molar-refractivity contribution in [2.75, 3.05) is 6.54 Å². The fourth-order valence-corrected chi connectivity index (χ4v) is 3.16. The number of rotatable bonds is 11. The van der Waals surface area contributed by atoms with E-state index >= 15 is 0 Å². The van der Waals surface area contributed by atoms with Crippen LogP contribution < -0.4 is 5.32 Å². The zero-order chi connectivity index (χ0) is 20.2. The van der Waals surface area contributed by atoms with Gasteiger partial charge in [0, 0.05) is 18.8 Å². The first-order valence-corrected chi connectivity index (χ1v) is 10.8. The summed E-state index contributed by atoms with van der Waals surface area (Å²) in [5, 5.41) is 3.55. The summed E-state index contributed by atoms with van der Waals surface area (Å²) >= 11 is 0. The van der Waals surface area contributed by atoms with Crippen molar-refractivity contribution in [3.8, 4) is 0 Å². The van der Waals surface area contributed by atoms with E-state index in [0.29, 0.717) is 0 Å². The smallest absolute Gasteiger partial charge is 0.0674 e. The lowest BCUT2D eigenvalue weighted by molar-refractivity contribution is 0.758. The van der Waals surface area contributed by atoms with Gasteiger partial charge in [-0.15, -0.1) is 0 Å². The normalized spacial score (nSPS) is 12.4. The molecule has 0 radical (unpaired) electrons. The van der Waals surface area contributed by atoms with Crippen molar-refractivity contribution in [2.45, 2.75) is 66.3 Å². The highest BCUT2D eigenvalue weighted by molar-refractivity contribution is 5.89. The number of nitrogens with zero attached hydrogens (tertiary/aromatic N) is 1. The molecule has 0 aliphatic carbocycles. The van der Waals surface area contributed by atoms with Crippen LogP contribution in [-0.4, -0.2) is 12.3 Å². The molecule has 0 saturated heterocycles. The van der Waals surface area contributed by atoms with Gasteiger partial charge in [0.25, 0.3) is 0 Å². The molecule has 0 aromatic heterocycles. The van der Waals surface area contributed by atoms with E-state index in [1.54, 1.807) is 0 Å². The monoisotopic (exact) mass is 376 g/mol. The van der Waals surface area contributed by atoms with Crippen LogP contribution in [0.5, 0.6) is 0 Å². The second-order valence-electron chi connectivity index (χ2n) is 7.39. The van der Waals surface area contributed by atoms with Crippen LogP contribution in [0, 0.1) is 6.92 Å². The quantitative estimate of drug-likeness (QED) is 0.341. The molecule has 2 aromatic carbocycles. The molecule has 0 bridgehead atoms. The maximum absolute atomic E-state index is 5.04. The first-order valence-electron chi connectivity index (χ1n) is 10.8. The van der Waals surface area contributed by atoms with Crippen molar-refractivity contribution >= 4 is 11.4 Å². The van der Waals surface area contributed by atoms with Crippen molar-refractivity contribution < 1.29 is 0 Å². The molecule has 0 heterocycles. The van der Waals surface area contributed by atoms with E-state index in [9.17, 15) is 0 Å². The van der Waals surface area contributed by atoms with Crippen LogP contribution >= 0.6 is 0 Å². The van der Waals surface area contributed by atoms with Gasteiger partial charge in [-0.1, -0.05) is 81.3 Å². The molecule has 0 aliphatic heterocycles. The number of aliphatic imine (C=N–C) groups is 1. The molecule has 2 rings (SSSR count). The van der Waals surface area contributed by atoms with Gasteiger partial charge in [0.2, 0.25) is 0 Å². The Labute approximate surface area is 171 Å². The highest BCUT2D eigenvalue weighted by Gasteiger charge is 2.03. The molecule has 0 amide bonds. The summed E-state index contributed by atoms with van der Waals surface area (Å²) in [6.45, 7) is 10.5. The Bertz CT molecular complexity index is 769. The Hall–Kier alpha value is -2.19. The zero-order valence-electron chi connectivity index (χ0n) is 18.1. The molecule has 0 atom stereocenters. The number of unbranched alkanes of at least 4 members (excludes halogenated alkanes) is 1. The van der Waals surface area contributed by atoms with E-state index in [1.807, 2.05) is 0 Å². The number of hydrogen-bond acceptors (Lipinski definition) is 2. The summed E-state index contributed by atoms with van der Waals surface area (Å²) in [5.41, 5.74) is 7.59. The third kappa shape index (κ3) is 7.44. The van der Waals surface area contributed by atoms with Gasteiger partial charge < -0.3 is 5.32 Å². The number of benzene rings is 2. The molecule has 1 N–H and O–H groups in total. The highest BCUT2D eigenvalue weighted by Crippen LogP contribution is 2.18. The molecule has 28 heavy (non-hydrogen) atoms. The second-order valence-corrected chi connectivity index (χ2v) is 7.39. The maximum Gasteiger partial charge on any atom is 0.0674 e. The molecule has 2 heteroatoms. The van der Waals surface area contributed by atoms with Gasteiger partial charge in [0.15, 0.2) is 0 Å². The number of aryl methyl sites for hydroxylation is 2. The predicted molar refractivity (Wildman–Crippen MR) is 124 cm³/mol. The van der Waals surface area contributed by atoms with E-state index < -0.39 is 0 Å². The highest BCUT2D eigenvalue weighted by atomic mass is 14.9. The van der Waals surface area contributed by atoms with Crippen LogP contribution in [0.3, 0.4) is 0 Å². The van der Waals surface area contributed by atoms with Gasteiger partial charge >= 0.3 is 0 Å². The Morgan fingerprint density at radius 2 is 1.75 bits per heavy atom. The van der Waals surface area contributed by atoms with E-state index in [0.717, 1.165) is 38.0 Å². The van der Waals surface area contributed by atoms with Crippen molar-refractivity contribution in [1.82, 2.24) is 5.32 Å². The third-order valence-corrected chi connectivity index (χ3v) is 5.02. The minimum atomic E-state index is 0.813. The predicted octanol–water partition coefficient (Wildman–Crippen LogP) is 6.73. The van der Waals surface area contributed by atoms with E-state index in [4.69, 9.17) is 4.99 Å². The summed E-state index contributed by atoms with van der Waals surface area (Å²) in [6, 6.07) is 17.5. The second kappa shape index (κ2) is 12.3. The van der Waals surface area contributed by atoms with E-state index in [2.05, 4.69) is 87.6 Å². The first-order chi connectivity index (χ1) is 13.7. The Morgan fingerprint density at radius 1 is 1.00 bits per heavy atom.